The molecule has 0 fully saturated rings. The van der Waals surface area contributed by atoms with Gasteiger partial charge in [0.25, 0.3) is 0 Å². The first-order valence-electron chi connectivity index (χ1n) is 52.0. The summed E-state index contributed by atoms with van der Waals surface area (Å²) in [6, 6.07) is 50.5. The number of hydrogen-bond acceptors (Lipinski definition) is 34. The van der Waals surface area contributed by atoms with Crippen LogP contribution < -0.4 is 113 Å². The number of hydrogen-bond donors (Lipinski definition) is 11. The van der Waals surface area contributed by atoms with Crippen molar-refractivity contribution < 1.29 is 54.6 Å². The SMILES string of the molecule is [2H]C([2H])([2H])N(C)CCN(C)c1cc(OC)c(Nc2nccc(-n3c(=O)[nH]c4ccccc43)n2)cc1NC(=O)C=C.[2H]C([2H])([2H])N(C)CCN(C)c1cc(OC)c(Nc2nccc(N3CCc4ccccc43)n2)cc1NC(=O)C=C.[2H]C([2H])([2H])N(C)CCN(C)c1cc(OC)c(Nc2nccc(N3NNc4ccccc43)n2)cc1NC(=O)C=C.[2H]C([2H])([2H])n1c(=O)n(-c2ccnc(Nc3cc(NC(=O)C=C)c(N(C)CCN(C)C)cc3OC)n2)c2ccccc21. The number of H-pyrrole nitrogens is 1. The molecule has 147 heavy (non-hydrogen) atoms. The number of nitrogens with zero attached hydrogens (tertiary/aromatic N) is 21. The molecule has 6 aromatic heterocycles. The van der Waals surface area contributed by atoms with Crippen molar-refractivity contribution in [1.29, 1.82) is 0 Å². The van der Waals surface area contributed by atoms with Crippen LogP contribution in [-0.4, -0.2) is 273 Å². The van der Waals surface area contributed by atoms with Gasteiger partial charge in [-0.3, -0.25) is 23.7 Å². The number of aryl methyl sites for hydroxylation is 1. The molecule has 42 nitrogen and oxygen atoms in total. The zero-order valence-electron chi connectivity index (χ0n) is 95.7. The Morgan fingerprint density at radius 1 is 0.401 bits per heavy atom. The number of amides is 4. The summed E-state index contributed by atoms with van der Waals surface area (Å²) >= 11 is 0. The van der Waals surface area contributed by atoms with Crippen molar-refractivity contribution in [2.75, 3.05) is 249 Å². The number of aromatic amines is 1. The summed E-state index contributed by atoms with van der Waals surface area (Å²) in [5.41, 5.74) is 17.7. The highest BCUT2D eigenvalue weighted by Gasteiger charge is 2.28. The highest BCUT2D eigenvalue weighted by molar-refractivity contribution is 6.05. The summed E-state index contributed by atoms with van der Waals surface area (Å²) in [7, 11) is 22.0. The predicted octanol–water partition coefficient (Wildman–Crippen LogP) is 13.4. The van der Waals surface area contributed by atoms with E-state index in [2.05, 4.69) is 142 Å². The van der Waals surface area contributed by atoms with Crippen LogP contribution in [0.4, 0.5) is 121 Å². The average Bonchev–Trinajstić information content (AvgIpc) is 1.58. The molecule has 766 valence electrons. The lowest BCUT2D eigenvalue weighted by Gasteiger charge is -2.26. The third kappa shape index (κ3) is 26.8. The predicted molar refractivity (Wildman–Crippen MR) is 588 cm³/mol. The number of hydrazine groups is 2. The van der Waals surface area contributed by atoms with Crippen molar-refractivity contribution in [1.82, 2.24) is 83.7 Å². The summed E-state index contributed by atoms with van der Waals surface area (Å²) in [6.45, 7) is 9.06. The number of fused-ring (bicyclic) bond motifs is 4. The van der Waals surface area contributed by atoms with Crippen molar-refractivity contribution in [2.45, 2.75) is 6.42 Å². The molecule has 8 aromatic carbocycles. The van der Waals surface area contributed by atoms with E-state index in [9.17, 15) is 28.8 Å². The normalized spacial score (nSPS) is 13.1. The van der Waals surface area contributed by atoms with Gasteiger partial charge in [-0.2, -0.15) is 19.9 Å². The van der Waals surface area contributed by atoms with Gasteiger partial charge in [-0.15, -0.1) is 5.53 Å². The Morgan fingerprint density at radius 3 is 1.16 bits per heavy atom. The average molecular weight is 2010 g/mol. The highest BCUT2D eigenvalue weighted by atomic mass is 16.5. The van der Waals surface area contributed by atoms with Crippen LogP contribution in [0.25, 0.3) is 33.7 Å². The monoisotopic (exact) mass is 2010 g/mol. The Balaban J connectivity index is 0.000000175. The molecule has 0 saturated heterocycles. The Morgan fingerprint density at radius 2 is 0.755 bits per heavy atom. The summed E-state index contributed by atoms with van der Waals surface area (Å²) in [5, 5.41) is 25.7. The smallest absolute Gasteiger partial charge is 0.334 e. The van der Waals surface area contributed by atoms with Gasteiger partial charge >= 0.3 is 11.4 Å². The lowest BCUT2D eigenvalue weighted by Crippen LogP contribution is -2.32. The summed E-state index contributed by atoms with van der Waals surface area (Å²) in [5.74, 6) is 3.13. The number of rotatable bonds is 40. The number of nitrogens with one attached hydrogen (secondary N) is 11. The molecule has 42 heteroatoms. The van der Waals surface area contributed by atoms with Crippen LogP contribution >= 0.6 is 0 Å². The van der Waals surface area contributed by atoms with Gasteiger partial charge in [0.15, 0.2) is 5.82 Å². The van der Waals surface area contributed by atoms with Crippen molar-refractivity contribution in [3.8, 4) is 34.6 Å². The van der Waals surface area contributed by atoms with Crippen LogP contribution in [0.2, 0.25) is 0 Å². The van der Waals surface area contributed by atoms with Crippen molar-refractivity contribution >= 4 is 166 Å². The molecular formula is C105H126N32O10. The minimum Gasteiger partial charge on any atom is -0.494 e. The van der Waals surface area contributed by atoms with E-state index in [-0.39, 0.29) is 60.4 Å². The molecule has 0 saturated carbocycles. The van der Waals surface area contributed by atoms with Gasteiger partial charge in [0.1, 0.15) is 40.5 Å². The molecule has 2 aliphatic rings. The van der Waals surface area contributed by atoms with E-state index in [1.165, 1.54) is 102 Å². The quantitative estimate of drug-likeness (QED) is 0.0159. The fourth-order valence-electron chi connectivity index (χ4n) is 15.5. The van der Waals surface area contributed by atoms with Crippen molar-refractivity contribution in [3.05, 3.63) is 272 Å². The molecule has 16 rings (SSSR count). The topological polar surface area (TPSA) is 426 Å². The summed E-state index contributed by atoms with van der Waals surface area (Å²) < 4.78 is 118. The molecule has 0 radical (unpaired) electrons. The molecule has 0 unspecified atom stereocenters. The maximum Gasteiger partial charge on any atom is 0.334 e. The third-order valence-corrected chi connectivity index (χ3v) is 23.1. The first kappa shape index (κ1) is 90.5. The number of imidazole rings is 2. The first-order valence-corrected chi connectivity index (χ1v) is 46.0. The number of methoxy groups -OCH3 is 4. The standard InChI is InChI=1S/C27H32N8O3.C27H33N7O2.C26H30N8O3.C25H31N9O2/c1-7-25(36)29-18-16-19(23(38-6)17-22(18)33(4)15-14-32(2)3)30-26-28-13-12-24(31-26)35-21-11-9-8-10-20(21)34(5)27(35)37;1-6-26(35)29-20-17-21(24(36-5)18-23(20)33(4)16-15-32(2)3)30-27-28-13-11-25(31-27)34-14-12-19-9-7-8-10-22(19)34;1-6-24(35)28-18-15-19(22(37-5)16-21(18)33(4)14-13-32(2)3)29-25-27-12-11-23(31-25)34-20-10-8-7-9-17(20)30-26(34)36;1-6-24(35)27-18-15-19(22(36-5)16-21(18)33(4)14-13-32(2)3)28-25-26-12-11-23(29-25)34-20-10-8-7-9-17(20)30-31-34/h7-13,16-17H,1,14-15H2,2-6H3,(H,29,36)(H,28,30,31);6-11,13,17-18H,1,12,14-16H2,2-5H3,(H,29,35)(H,28,30,31);6-12,15-16H,1,13-14H2,2-5H3,(H,28,35)(H,30,36)(H,27,29,31);6-12,15-16,30-31H,1,13-14H2,2-5H3,(H,27,35)(H,26,28,29)/i5D3;3*2D3. The number of anilines is 21. The van der Waals surface area contributed by atoms with Crippen LogP contribution in [0.15, 0.2) is 255 Å². The Kier molecular flexibility index (Phi) is 30.7. The Bertz CT molecular complexity index is 7520. The van der Waals surface area contributed by atoms with Gasteiger partial charge in [0, 0.05) is 183 Å². The molecule has 0 bridgehead atoms. The Hall–Kier alpha value is -17.7. The lowest BCUT2D eigenvalue weighted by atomic mass is 10.2. The first-order chi connectivity index (χ1) is 75.6. The number of aromatic nitrogens is 12. The molecule has 0 aliphatic carbocycles. The van der Waals surface area contributed by atoms with E-state index in [0.717, 1.165) is 58.7 Å². The summed E-state index contributed by atoms with van der Waals surface area (Å²) in [4.78, 5) is 129. The second-order valence-electron chi connectivity index (χ2n) is 33.6. The second-order valence-corrected chi connectivity index (χ2v) is 33.6. The van der Waals surface area contributed by atoms with E-state index in [1.54, 1.807) is 137 Å². The zero-order valence-corrected chi connectivity index (χ0v) is 83.7. The largest absolute Gasteiger partial charge is 0.494 e. The molecule has 0 atom stereocenters. The van der Waals surface area contributed by atoms with E-state index in [4.69, 9.17) is 40.4 Å². The lowest BCUT2D eigenvalue weighted by molar-refractivity contribution is -0.112. The van der Waals surface area contributed by atoms with Gasteiger partial charge in [-0.1, -0.05) is 80.9 Å². The molecule has 11 N–H and O–H groups in total. The van der Waals surface area contributed by atoms with Crippen LogP contribution in [0.3, 0.4) is 0 Å². The van der Waals surface area contributed by atoms with Crippen LogP contribution in [-0.2, 0) is 32.6 Å². The van der Waals surface area contributed by atoms with Gasteiger partial charge in [0.2, 0.25) is 47.4 Å². The van der Waals surface area contributed by atoms with Gasteiger partial charge in [-0.25, -0.2) is 43.7 Å². The van der Waals surface area contributed by atoms with E-state index in [1.807, 2.05) is 108 Å². The zero-order chi connectivity index (χ0) is 115. The van der Waals surface area contributed by atoms with Gasteiger partial charge in [0.05, 0.1) is 130 Å². The van der Waals surface area contributed by atoms with Crippen LogP contribution in [0.1, 0.15) is 22.0 Å². The minimum atomic E-state index is -2.68. The second kappa shape index (κ2) is 49.8. The number of benzene rings is 8. The van der Waals surface area contributed by atoms with E-state index in [0.29, 0.717) is 152 Å². The number of para-hydroxylation sites is 7. The highest BCUT2D eigenvalue weighted by Crippen LogP contribution is 2.44. The number of carbonyl (C=O) groups excluding carboxylic acids is 4. The minimum absolute atomic E-state index is 0.119. The fourth-order valence-corrected chi connectivity index (χ4v) is 15.5. The number of ether oxygens (including phenoxy) is 4. The molecule has 2 aliphatic heterocycles. The van der Waals surface area contributed by atoms with E-state index >= 15 is 0 Å². The molecule has 8 heterocycles. The van der Waals surface area contributed by atoms with Gasteiger partial charge in [-0.05, 0) is 165 Å². The molecule has 4 amide bonds. The van der Waals surface area contributed by atoms with E-state index < -0.39 is 45.4 Å². The van der Waals surface area contributed by atoms with Crippen LogP contribution in [0, 0.1) is 0 Å². The molecule has 14 aromatic rings. The van der Waals surface area contributed by atoms with Gasteiger partial charge < -0.3 is 116 Å². The number of likely N-dealkylation sites (N-methyl/N-ethyl adjacent to an activating group) is 8. The fraction of sp³-hybridized carbons (Fsp3) is 0.257. The van der Waals surface area contributed by atoms with Crippen LogP contribution in [0.5, 0.6) is 23.0 Å². The molecule has 0 spiro atoms. The van der Waals surface area contributed by atoms with Crippen molar-refractivity contribution in [3.63, 3.8) is 0 Å². The number of carbonyl (C=O) groups is 4. The summed E-state index contributed by atoms with van der Waals surface area (Å²) in [6.07, 6.45) is 11.9. The van der Waals surface area contributed by atoms with Crippen molar-refractivity contribution in [2.24, 2.45) is 6.98 Å². The maximum atomic E-state index is 13.3. The third-order valence-electron chi connectivity index (χ3n) is 23.1. The maximum absolute atomic E-state index is 13.3. The Labute approximate surface area is 869 Å². The molecular weight excluding hydrogens is 1870 g/mol.